The maximum atomic E-state index is 13.9. The minimum atomic E-state index is -0.419. The van der Waals surface area contributed by atoms with Crippen LogP contribution in [0.3, 0.4) is 0 Å². The van der Waals surface area contributed by atoms with Crippen LogP contribution in [0.25, 0.3) is 11.3 Å². The lowest BCUT2D eigenvalue weighted by molar-refractivity contribution is 0.0586. The molecule has 0 unspecified atom stereocenters. The summed E-state index contributed by atoms with van der Waals surface area (Å²) in [4.78, 5) is 14.4. The number of ether oxygens (including phenoxy) is 1. The summed E-state index contributed by atoms with van der Waals surface area (Å²) in [6, 6.07) is 14.9. The van der Waals surface area contributed by atoms with Crippen LogP contribution >= 0.6 is 11.6 Å². The molecule has 2 heterocycles. The fourth-order valence-corrected chi connectivity index (χ4v) is 3.33. The van der Waals surface area contributed by atoms with E-state index < -0.39 is 5.82 Å². The molecular formula is C21H18ClFN2O3. The van der Waals surface area contributed by atoms with Crippen molar-refractivity contribution in [3.63, 3.8) is 0 Å². The molecule has 7 heteroatoms. The molecule has 5 nitrogen and oxygen atoms in total. The van der Waals surface area contributed by atoms with Crippen LogP contribution in [-0.4, -0.2) is 35.2 Å². The summed E-state index contributed by atoms with van der Waals surface area (Å²) in [7, 11) is 0. The zero-order valence-electron chi connectivity index (χ0n) is 15.0. The number of piperidine rings is 1. The largest absolute Gasteiger partial charge is 0.490 e. The van der Waals surface area contributed by atoms with Gasteiger partial charge in [0.05, 0.1) is 5.56 Å². The standard InChI is InChI=1S/C21H18ClFN2O3/c22-14-5-7-15(8-6-14)27-16-9-11-25(12-10-16)21(26)19-13-20(28-24-19)17-3-1-2-4-18(17)23/h1-8,13,16H,9-12H2. The van der Waals surface area contributed by atoms with E-state index in [1.54, 1.807) is 35.2 Å². The van der Waals surface area contributed by atoms with Gasteiger partial charge in [0, 0.05) is 37.0 Å². The number of rotatable bonds is 4. The number of benzene rings is 2. The van der Waals surface area contributed by atoms with E-state index in [0.29, 0.717) is 31.0 Å². The summed E-state index contributed by atoms with van der Waals surface area (Å²) in [5.41, 5.74) is 0.458. The number of halogens is 2. The molecule has 28 heavy (non-hydrogen) atoms. The Kier molecular flexibility index (Phi) is 5.30. The first-order chi connectivity index (χ1) is 13.6. The van der Waals surface area contributed by atoms with Gasteiger partial charge in [-0.05, 0) is 36.4 Å². The molecule has 1 aliphatic rings. The highest BCUT2D eigenvalue weighted by atomic mass is 35.5. The van der Waals surface area contributed by atoms with Gasteiger partial charge >= 0.3 is 0 Å². The Morgan fingerprint density at radius 3 is 2.57 bits per heavy atom. The second kappa shape index (κ2) is 8.02. The van der Waals surface area contributed by atoms with Gasteiger partial charge in [-0.3, -0.25) is 4.79 Å². The molecule has 1 amide bonds. The molecule has 2 aromatic carbocycles. The predicted octanol–water partition coefficient (Wildman–Crippen LogP) is 4.82. The van der Waals surface area contributed by atoms with Crippen LogP contribution in [0.5, 0.6) is 5.75 Å². The molecule has 0 aliphatic carbocycles. The highest BCUT2D eigenvalue weighted by Gasteiger charge is 2.27. The first-order valence-corrected chi connectivity index (χ1v) is 9.41. The molecule has 1 aliphatic heterocycles. The Bertz CT molecular complexity index is 966. The molecule has 0 radical (unpaired) electrons. The highest BCUT2D eigenvalue weighted by Crippen LogP contribution is 2.25. The fraction of sp³-hybridized carbons (Fsp3) is 0.238. The Labute approximate surface area is 166 Å². The maximum Gasteiger partial charge on any atom is 0.276 e. The van der Waals surface area contributed by atoms with Crippen molar-refractivity contribution in [3.05, 3.63) is 71.1 Å². The van der Waals surface area contributed by atoms with Crippen molar-refractivity contribution < 1.29 is 18.4 Å². The van der Waals surface area contributed by atoms with Gasteiger partial charge in [-0.2, -0.15) is 0 Å². The molecule has 0 bridgehead atoms. The smallest absolute Gasteiger partial charge is 0.276 e. The summed E-state index contributed by atoms with van der Waals surface area (Å²) >= 11 is 5.88. The molecule has 1 fully saturated rings. The van der Waals surface area contributed by atoms with E-state index in [9.17, 15) is 9.18 Å². The number of carbonyl (C=O) groups is 1. The van der Waals surface area contributed by atoms with Gasteiger partial charge in [0.2, 0.25) is 0 Å². The predicted molar refractivity (Wildman–Crippen MR) is 103 cm³/mol. The average molecular weight is 401 g/mol. The Morgan fingerprint density at radius 2 is 1.86 bits per heavy atom. The quantitative estimate of drug-likeness (QED) is 0.630. The van der Waals surface area contributed by atoms with Gasteiger partial charge in [-0.1, -0.05) is 28.9 Å². The second-order valence-electron chi connectivity index (χ2n) is 6.62. The number of likely N-dealkylation sites (tertiary alicyclic amines) is 1. The lowest BCUT2D eigenvalue weighted by atomic mass is 10.1. The van der Waals surface area contributed by atoms with Crippen molar-refractivity contribution in [2.75, 3.05) is 13.1 Å². The minimum Gasteiger partial charge on any atom is -0.490 e. The topological polar surface area (TPSA) is 55.6 Å². The van der Waals surface area contributed by atoms with Crippen LogP contribution in [0.1, 0.15) is 23.3 Å². The Hall–Kier alpha value is -2.86. The van der Waals surface area contributed by atoms with E-state index in [4.69, 9.17) is 20.9 Å². The molecule has 0 spiro atoms. The van der Waals surface area contributed by atoms with Crippen LogP contribution in [0.15, 0.2) is 59.1 Å². The second-order valence-corrected chi connectivity index (χ2v) is 7.06. The number of amides is 1. The third-order valence-electron chi connectivity index (χ3n) is 4.71. The molecule has 0 atom stereocenters. The van der Waals surface area contributed by atoms with E-state index in [1.807, 2.05) is 12.1 Å². The van der Waals surface area contributed by atoms with Crippen LogP contribution in [-0.2, 0) is 0 Å². The number of carbonyl (C=O) groups excluding carboxylic acids is 1. The molecule has 3 aromatic rings. The van der Waals surface area contributed by atoms with Gasteiger partial charge in [0.1, 0.15) is 17.7 Å². The van der Waals surface area contributed by atoms with E-state index in [2.05, 4.69) is 5.16 Å². The number of hydrogen-bond donors (Lipinski definition) is 0. The van der Waals surface area contributed by atoms with E-state index >= 15 is 0 Å². The van der Waals surface area contributed by atoms with Crippen molar-refractivity contribution in [2.24, 2.45) is 0 Å². The van der Waals surface area contributed by atoms with Crippen molar-refractivity contribution in [1.29, 1.82) is 0 Å². The zero-order chi connectivity index (χ0) is 19.5. The minimum absolute atomic E-state index is 0.0384. The van der Waals surface area contributed by atoms with Gasteiger partial charge in [0.15, 0.2) is 11.5 Å². The lowest BCUT2D eigenvalue weighted by Gasteiger charge is -2.31. The SMILES string of the molecule is O=C(c1cc(-c2ccccc2F)on1)N1CCC(Oc2ccc(Cl)cc2)CC1. The number of hydrogen-bond acceptors (Lipinski definition) is 4. The summed E-state index contributed by atoms with van der Waals surface area (Å²) < 4.78 is 25.0. The summed E-state index contributed by atoms with van der Waals surface area (Å²) in [6.45, 7) is 1.11. The van der Waals surface area contributed by atoms with Gasteiger partial charge < -0.3 is 14.2 Å². The van der Waals surface area contributed by atoms with Crippen molar-refractivity contribution in [1.82, 2.24) is 10.1 Å². The lowest BCUT2D eigenvalue weighted by Crippen LogP contribution is -2.41. The Balaban J connectivity index is 1.36. The first kappa shape index (κ1) is 18.5. The third-order valence-corrected chi connectivity index (χ3v) is 4.97. The number of nitrogens with zero attached hydrogens (tertiary/aromatic N) is 2. The maximum absolute atomic E-state index is 13.9. The van der Waals surface area contributed by atoms with Crippen LogP contribution in [0.2, 0.25) is 5.02 Å². The van der Waals surface area contributed by atoms with Crippen LogP contribution in [0.4, 0.5) is 4.39 Å². The normalized spacial score (nSPS) is 14.9. The fourth-order valence-electron chi connectivity index (χ4n) is 3.21. The molecule has 144 valence electrons. The van der Waals surface area contributed by atoms with Crippen LogP contribution < -0.4 is 4.74 Å². The van der Waals surface area contributed by atoms with Gasteiger partial charge in [-0.25, -0.2) is 4.39 Å². The van der Waals surface area contributed by atoms with Crippen LogP contribution in [0, 0.1) is 5.82 Å². The summed E-state index contributed by atoms with van der Waals surface area (Å²) in [5.74, 6) is 0.358. The van der Waals surface area contributed by atoms with Gasteiger partial charge in [0.25, 0.3) is 5.91 Å². The van der Waals surface area contributed by atoms with Gasteiger partial charge in [-0.15, -0.1) is 0 Å². The molecule has 1 aromatic heterocycles. The third kappa shape index (κ3) is 4.02. The zero-order valence-corrected chi connectivity index (χ0v) is 15.7. The highest BCUT2D eigenvalue weighted by molar-refractivity contribution is 6.30. The monoisotopic (exact) mass is 400 g/mol. The van der Waals surface area contributed by atoms with Crippen molar-refractivity contribution in [2.45, 2.75) is 18.9 Å². The van der Waals surface area contributed by atoms with Crippen molar-refractivity contribution >= 4 is 17.5 Å². The average Bonchev–Trinajstić information content (AvgIpc) is 3.20. The summed E-state index contributed by atoms with van der Waals surface area (Å²) in [6.07, 6.45) is 1.47. The molecule has 4 rings (SSSR count). The molecule has 0 N–H and O–H groups in total. The van der Waals surface area contributed by atoms with E-state index in [-0.39, 0.29) is 29.0 Å². The number of aromatic nitrogens is 1. The molecular weight excluding hydrogens is 383 g/mol. The molecule has 1 saturated heterocycles. The van der Waals surface area contributed by atoms with Crippen molar-refractivity contribution in [3.8, 4) is 17.1 Å². The molecule has 0 saturated carbocycles. The first-order valence-electron chi connectivity index (χ1n) is 9.03. The van der Waals surface area contributed by atoms with E-state index in [1.165, 1.54) is 12.1 Å². The Morgan fingerprint density at radius 1 is 1.14 bits per heavy atom. The summed E-state index contributed by atoms with van der Waals surface area (Å²) in [5, 5.41) is 4.49. The van der Waals surface area contributed by atoms with E-state index in [0.717, 1.165) is 5.75 Å².